The fraction of sp³-hybridized carbons (Fsp3) is 0.190. The second kappa shape index (κ2) is 8.74. The summed E-state index contributed by atoms with van der Waals surface area (Å²) in [6, 6.07) is 11.0. The Morgan fingerprint density at radius 2 is 2.07 bits per heavy atom. The number of rotatable bonds is 6. The van der Waals surface area contributed by atoms with Crippen molar-refractivity contribution in [1.29, 1.82) is 5.41 Å². The van der Waals surface area contributed by atoms with Crippen LogP contribution in [-0.4, -0.2) is 24.1 Å². The molecule has 0 saturated carbocycles. The van der Waals surface area contributed by atoms with Crippen LogP contribution in [0, 0.1) is 12.3 Å². The third-order valence-corrected chi connectivity index (χ3v) is 5.58. The molecule has 8 heteroatoms. The number of carbonyl (C=O) groups is 2. The predicted octanol–water partition coefficient (Wildman–Crippen LogP) is 2.57. The van der Waals surface area contributed by atoms with Crippen LogP contribution in [0.2, 0.25) is 0 Å². The molecule has 2 aromatic rings. The Balaban J connectivity index is 1.95. The first-order valence-electron chi connectivity index (χ1n) is 9.13. The van der Waals surface area contributed by atoms with Gasteiger partial charge in [-0.15, -0.1) is 11.3 Å². The Morgan fingerprint density at radius 3 is 2.72 bits per heavy atom. The van der Waals surface area contributed by atoms with Crippen LogP contribution in [0.1, 0.15) is 27.8 Å². The molecule has 1 aromatic heterocycles. The van der Waals surface area contributed by atoms with E-state index in [1.165, 1.54) is 17.4 Å². The van der Waals surface area contributed by atoms with Crippen LogP contribution >= 0.6 is 11.3 Å². The summed E-state index contributed by atoms with van der Waals surface area (Å²) >= 11 is 1.44. The molecule has 1 aliphatic rings. The lowest BCUT2D eigenvalue weighted by molar-refractivity contribution is -0.114. The molecule has 0 aliphatic carbocycles. The normalized spacial score (nSPS) is 17.5. The van der Waals surface area contributed by atoms with Crippen LogP contribution < -0.4 is 21.7 Å². The second-order valence-corrected chi connectivity index (χ2v) is 7.88. The molecule has 0 spiro atoms. The largest absolute Gasteiger partial charge is 0.371 e. The highest BCUT2D eigenvalue weighted by atomic mass is 32.1. The number of anilines is 1. The number of amides is 2. The number of thiophene rings is 1. The summed E-state index contributed by atoms with van der Waals surface area (Å²) < 4.78 is 0. The molecule has 1 fully saturated rings. The second-order valence-electron chi connectivity index (χ2n) is 6.59. The molecule has 1 unspecified atom stereocenters. The Labute approximate surface area is 173 Å². The van der Waals surface area contributed by atoms with E-state index >= 15 is 0 Å². The standard InChI is InChI=1S/C21H23N5O2S/c1-3-17(27)25-14-7-5-4-6-13(14)15-10-11-24-21(26-15)18(20(23)28)19(22)16-9-8-12(2)29-16/h3-9,15,22,24,26H,1,10-11H2,2H3,(H2,23,28)(H,25,27)/b21-18+,22-19?. The van der Waals surface area contributed by atoms with Gasteiger partial charge in [-0.1, -0.05) is 24.8 Å². The Kier molecular flexibility index (Phi) is 6.13. The number of nitrogens with two attached hydrogens (primary N) is 1. The molecular formula is C21H23N5O2S. The van der Waals surface area contributed by atoms with Gasteiger partial charge in [-0.3, -0.25) is 15.0 Å². The average Bonchev–Trinajstić information content (AvgIpc) is 3.15. The molecule has 150 valence electrons. The fourth-order valence-corrected chi connectivity index (χ4v) is 4.02. The summed E-state index contributed by atoms with van der Waals surface area (Å²) in [5.74, 6) is -0.547. The van der Waals surface area contributed by atoms with E-state index in [0.717, 1.165) is 16.9 Å². The van der Waals surface area contributed by atoms with Gasteiger partial charge in [-0.05, 0) is 43.2 Å². The number of nitrogens with one attached hydrogen (secondary N) is 4. The van der Waals surface area contributed by atoms with Crippen molar-refractivity contribution in [3.8, 4) is 0 Å². The number of primary amides is 1. The molecule has 2 amide bonds. The molecule has 7 nitrogen and oxygen atoms in total. The van der Waals surface area contributed by atoms with E-state index in [1.54, 1.807) is 0 Å². The number of benzene rings is 1. The first kappa shape index (κ1) is 20.3. The third-order valence-electron chi connectivity index (χ3n) is 4.57. The lowest BCUT2D eigenvalue weighted by Crippen LogP contribution is -2.42. The summed E-state index contributed by atoms with van der Waals surface area (Å²) in [5, 5.41) is 17.8. The highest BCUT2D eigenvalue weighted by Crippen LogP contribution is 2.29. The van der Waals surface area contributed by atoms with Crippen molar-refractivity contribution in [2.24, 2.45) is 5.73 Å². The first-order valence-corrected chi connectivity index (χ1v) is 9.95. The summed E-state index contributed by atoms with van der Waals surface area (Å²) in [7, 11) is 0. The van der Waals surface area contributed by atoms with Crippen molar-refractivity contribution < 1.29 is 9.59 Å². The van der Waals surface area contributed by atoms with Crippen LogP contribution in [0.4, 0.5) is 5.69 Å². The molecule has 1 saturated heterocycles. The van der Waals surface area contributed by atoms with Crippen molar-refractivity contribution in [3.05, 3.63) is 75.8 Å². The topological polar surface area (TPSA) is 120 Å². The van der Waals surface area contributed by atoms with E-state index in [-0.39, 0.29) is 23.2 Å². The van der Waals surface area contributed by atoms with Crippen LogP contribution in [0.25, 0.3) is 0 Å². The average molecular weight is 410 g/mol. The Hall–Kier alpha value is -3.39. The minimum atomic E-state index is -0.676. The van der Waals surface area contributed by atoms with Gasteiger partial charge in [0.25, 0.3) is 5.91 Å². The lowest BCUT2D eigenvalue weighted by Gasteiger charge is -2.31. The Bertz CT molecular complexity index is 1010. The van der Waals surface area contributed by atoms with Crippen molar-refractivity contribution >= 4 is 34.6 Å². The molecular weight excluding hydrogens is 386 g/mol. The summed E-state index contributed by atoms with van der Waals surface area (Å²) in [6.45, 7) is 6.02. The van der Waals surface area contributed by atoms with Crippen molar-refractivity contribution in [1.82, 2.24) is 10.6 Å². The molecule has 1 aliphatic heterocycles. The number of hydrogen-bond acceptors (Lipinski definition) is 6. The van der Waals surface area contributed by atoms with Gasteiger partial charge in [-0.25, -0.2) is 0 Å². The summed E-state index contributed by atoms with van der Waals surface area (Å²) in [6.07, 6.45) is 1.94. The zero-order valence-electron chi connectivity index (χ0n) is 16.0. The number of aryl methyl sites for hydroxylation is 1. The van der Waals surface area contributed by atoms with E-state index < -0.39 is 5.91 Å². The van der Waals surface area contributed by atoms with Crippen LogP contribution in [0.15, 0.2) is 60.4 Å². The van der Waals surface area contributed by atoms with E-state index in [0.29, 0.717) is 22.9 Å². The number of para-hydroxylation sites is 1. The predicted molar refractivity (Wildman–Crippen MR) is 116 cm³/mol. The Morgan fingerprint density at radius 1 is 1.31 bits per heavy atom. The highest BCUT2D eigenvalue weighted by molar-refractivity contribution is 7.14. The van der Waals surface area contributed by atoms with Gasteiger partial charge in [0.1, 0.15) is 11.4 Å². The molecule has 1 aromatic carbocycles. The quantitative estimate of drug-likeness (QED) is 0.372. The zero-order valence-corrected chi connectivity index (χ0v) is 16.9. The van der Waals surface area contributed by atoms with Gasteiger partial charge in [0.15, 0.2) is 0 Å². The van der Waals surface area contributed by atoms with Crippen LogP contribution in [-0.2, 0) is 9.59 Å². The van der Waals surface area contributed by atoms with Crippen molar-refractivity contribution in [2.75, 3.05) is 11.9 Å². The van der Waals surface area contributed by atoms with Crippen LogP contribution in [0.5, 0.6) is 0 Å². The molecule has 29 heavy (non-hydrogen) atoms. The van der Waals surface area contributed by atoms with Crippen molar-refractivity contribution in [2.45, 2.75) is 19.4 Å². The molecule has 6 N–H and O–H groups in total. The maximum atomic E-state index is 12.2. The van der Waals surface area contributed by atoms with Gasteiger partial charge in [0, 0.05) is 17.1 Å². The van der Waals surface area contributed by atoms with Gasteiger partial charge in [-0.2, -0.15) is 0 Å². The number of hydrogen-bond donors (Lipinski definition) is 5. The zero-order chi connectivity index (χ0) is 21.0. The SMILES string of the molecule is C=CC(=O)Nc1ccccc1C1CCN/C(=C(/C(=N)c2ccc(C)s2)C(N)=O)N1. The van der Waals surface area contributed by atoms with Gasteiger partial charge in [0.05, 0.1) is 16.6 Å². The maximum absolute atomic E-state index is 12.2. The minimum Gasteiger partial charge on any atom is -0.371 e. The minimum absolute atomic E-state index is 0.0829. The van der Waals surface area contributed by atoms with Gasteiger partial charge in [0.2, 0.25) is 5.91 Å². The maximum Gasteiger partial charge on any atom is 0.254 e. The van der Waals surface area contributed by atoms with Crippen LogP contribution in [0.3, 0.4) is 0 Å². The van der Waals surface area contributed by atoms with Gasteiger partial charge >= 0.3 is 0 Å². The van der Waals surface area contributed by atoms with Gasteiger partial charge < -0.3 is 21.7 Å². The lowest BCUT2D eigenvalue weighted by atomic mass is 9.98. The first-order chi connectivity index (χ1) is 13.9. The smallest absolute Gasteiger partial charge is 0.254 e. The van der Waals surface area contributed by atoms with E-state index in [4.69, 9.17) is 11.1 Å². The highest BCUT2D eigenvalue weighted by Gasteiger charge is 2.27. The summed E-state index contributed by atoms with van der Waals surface area (Å²) in [5.41, 5.74) is 7.37. The van der Waals surface area contributed by atoms with E-state index in [9.17, 15) is 9.59 Å². The van der Waals surface area contributed by atoms with Crippen molar-refractivity contribution in [3.63, 3.8) is 0 Å². The molecule has 2 heterocycles. The number of carbonyl (C=O) groups excluding carboxylic acids is 2. The monoisotopic (exact) mass is 409 g/mol. The molecule has 3 rings (SSSR count). The molecule has 1 atom stereocenters. The molecule has 0 radical (unpaired) electrons. The van der Waals surface area contributed by atoms with E-state index in [1.807, 2.05) is 43.3 Å². The summed E-state index contributed by atoms with van der Waals surface area (Å²) in [4.78, 5) is 25.7. The van der Waals surface area contributed by atoms with E-state index in [2.05, 4.69) is 22.5 Å². The third kappa shape index (κ3) is 4.55. The fourth-order valence-electron chi connectivity index (χ4n) is 3.19. The molecule has 0 bridgehead atoms.